The monoisotopic (exact) mass is 323 g/mol. The van der Waals surface area contributed by atoms with E-state index in [2.05, 4.69) is 5.32 Å². The summed E-state index contributed by atoms with van der Waals surface area (Å²) in [5.41, 5.74) is -0.537. The van der Waals surface area contributed by atoms with Crippen LogP contribution < -0.4 is 5.32 Å². The number of ether oxygens (including phenoxy) is 1. The van der Waals surface area contributed by atoms with Gasteiger partial charge in [-0.2, -0.15) is 8.42 Å². The number of benzene rings is 1. The Labute approximate surface area is 122 Å². The van der Waals surface area contributed by atoms with Crippen molar-refractivity contribution in [2.75, 3.05) is 5.32 Å². The SMILES string of the molecule is CC(C)(C)OC(=O)Nc1cc(Cl)ccc1CS(=O)(=O)F. The lowest BCUT2D eigenvalue weighted by molar-refractivity contribution is 0.0635. The van der Waals surface area contributed by atoms with Gasteiger partial charge < -0.3 is 4.74 Å². The molecule has 1 aromatic rings. The Hall–Kier alpha value is -1.34. The van der Waals surface area contributed by atoms with Crippen molar-refractivity contribution in [1.82, 2.24) is 0 Å². The lowest BCUT2D eigenvalue weighted by Crippen LogP contribution is -2.27. The van der Waals surface area contributed by atoms with Gasteiger partial charge in [0.25, 0.3) is 0 Å². The molecule has 0 bridgehead atoms. The van der Waals surface area contributed by atoms with Crippen molar-refractivity contribution in [2.45, 2.75) is 32.1 Å². The van der Waals surface area contributed by atoms with Crippen molar-refractivity contribution in [3.05, 3.63) is 28.8 Å². The Balaban J connectivity index is 2.98. The number of hydrogen-bond donors (Lipinski definition) is 1. The van der Waals surface area contributed by atoms with Crippen LogP contribution in [-0.4, -0.2) is 20.1 Å². The van der Waals surface area contributed by atoms with Crippen molar-refractivity contribution in [3.8, 4) is 0 Å². The molecule has 0 spiro atoms. The number of anilines is 1. The van der Waals surface area contributed by atoms with Crippen molar-refractivity contribution in [2.24, 2.45) is 0 Å². The molecule has 1 N–H and O–H groups in total. The Morgan fingerprint density at radius 2 is 2.00 bits per heavy atom. The highest BCUT2D eigenvalue weighted by Crippen LogP contribution is 2.24. The first kappa shape index (κ1) is 16.7. The van der Waals surface area contributed by atoms with Crippen LogP contribution >= 0.6 is 11.6 Å². The van der Waals surface area contributed by atoms with E-state index in [9.17, 15) is 17.1 Å². The molecule has 20 heavy (non-hydrogen) atoms. The van der Waals surface area contributed by atoms with Crippen molar-refractivity contribution < 1.29 is 21.8 Å². The second kappa shape index (κ2) is 5.97. The number of carbonyl (C=O) groups excluding carboxylic acids is 1. The van der Waals surface area contributed by atoms with E-state index in [0.717, 1.165) is 0 Å². The van der Waals surface area contributed by atoms with Crippen LogP contribution in [0.15, 0.2) is 18.2 Å². The molecular formula is C12H15ClFNO4S. The molecule has 0 aromatic heterocycles. The molecule has 0 unspecified atom stereocenters. The second-order valence-corrected chi connectivity index (χ2v) is 6.91. The highest BCUT2D eigenvalue weighted by atomic mass is 35.5. The van der Waals surface area contributed by atoms with Crippen LogP contribution in [0.2, 0.25) is 5.02 Å². The molecule has 0 aliphatic heterocycles. The average Bonchev–Trinajstić information content (AvgIpc) is 2.17. The van der Waals surface area contributed by atoms with Crippen LogP contribution in [0, 0.1) is 0 Å². The predicted octanol–water partition coefficient (Wildman–Crippen LogP) is 3.49. The fourth-order valence-electron chi connectivity index (χ4n) is 1.39. The maximum atomic E-state index is 12.8. The molecule has 8 heteroatoms. The zero-order chi connectivity index (χ0) is 15.6. The summed E-state index contributed by atoms with van der Waals surface area (Å²) in [6, 6.07) is 4.06. The van der Waals surface area contributed by atoms with E-state index in [1.54, 1.807) is 20.8 Å². The minimum atomic E-state index is -4.72. The van der Waals surface area contributed by atoms with Crippen molar-refractivity contribution in [1.29, 1.82) is 0 Å². The summed E-state index contributed by atoms with van der Waals surface area (Å²) in [6.07, 6.45) is -0.780. The highest BCUT2D eigenvalue weighted by molar-refractivity contribution is 7.85. The van der Waals surface area contributed by atoms with Gasteiger partial charge in [0.2, 0.25) is 0 Å². The minimum absolute atomic E-state index is 0.0859. The van der Waals surface area contributed by atoms with Crippen LogP contribution in [0.25, 0.3) is 0 Å². The van der Waals surface area contributed by atoms with Gasteiger partial charge in [0.15, 0.2) is 0 Å². The summed E-state index contributed by atoms with van der Waals surface area (Å²) in [6.45, 7) is 5.03. The Kier molecular flexibility index (Phi) is 4.99. The van der Waals surface area contributed by atoms with Crippen LogP contribution in [0.5, 0.6) is 0 Å². The number of nitrogens with one attached hydrogen (secondary N) is 1. The van der Waals surface area contributed by atoms with Gasteiger partial charge in [-0.25, -0.2) is 4.79 Å². The summed E-state index contributed by atoms with van der Waals surface area (Å²) in [5, 5.41) is 2.63. The number of hydrogen-bond acceptors (Lipinski definition) is 4. The molecule has 112 valence electrons. The van der Waals surface area contributed by atoms with Gasteiger partial charge in [-0.15, -0.1) is 3.89 Å². The van der Waals surface area contributed by atoms with E-state index < -0.39 is 27.7 Å². The Morgan fingerprint density at radius 1 is 1.40 bits per heavy atom. The van der Waals surface area contributed by atoms with E-state index in [0.29, 0.717) is 0 Å². The summed E-state index contributed by atoms with van der Waals surface area (Å²) in [4.78, 5) is 11.6. The average molecular weight is 324 g/mol. The summed E-state index contributed by atoms with van der Waals surface area (Å²) < 4.78 is 39.2. The standard InChI is InChI=1S/C12H15ClFNO4S/c1-12(2,3)19-11(16)15-10-6-9(13)5-4-8(10)7-20(14,17)18/h4-6H,7H2,1-3H3,(H,15,16). The molecule has 0 radical (unpaired) electrons. The fraction of sp³-hybridized carbons (Fsp3) is 0.417. The Bertz CT molecular complexity index is 610. The number of halogens is 2. The van der Waals surface area contributed by atoms with Crippen LogP contribution in [0.3, 0.4) is 0 Å². The van der Waals surface area contributed by atoms with Gasteiger partial charge in [0, 0.05) is 10.7 Å². The molecule has 1 amide bonds. The van der Waals surface area contributed by atoms with Gasteiger partial charge in [-0.1, -0.05) is 17.7 Å². The van der Waals surface area contributed by atoms with Crippen molar-refractivity contribution >= 4 is 33.6 Å². The largest absolute Gasteiger partial charge is 0.444 e. The number of carbonyl (C=O) groups is 1. The predicted molar refractivity (Wildman–Crippen MR) is 75.0 cm³/mol. The lowest BCUT2D eigenvalue weighted by Gasteiger charge is -2.20. The first-order valence-corrected chi connectivity index (χ1v) is 7.60. The summed E-state index contributed by atoms with van der Waals surface area (Å²) in [5.74, 6) is -0.852. The van der Waals surface area contributed by atoms with E-state index in [4.69, 9.17) is 16.3 Å². The van der Waals surface area contributed by atoms with E-state index in [1.807, 2.05) is 0 Å². The first-order valence-electron chi connectivity index (χ1n) is 5.67. The summed E-state index contributed by atoms with van der Waals surface area (Å²) in [7, 11) is -4.72. The maximum absolute atomic E-state index is 12.8. The third-order valence-electron chi connectivity index (χ3n) is 2.04. The van der Waals surface area contributed by atoms with Crippen LogP contribution in [0.4, 0.5) is 14.4 Å². The quantitative estimate of drug-likeness (QED) is 0.864. The second-order valence-electron chi connectivity index (χ2n) is 5.11. The topological polar surface area (TPSA) is 72.5 Å². The summed E-state index contributed by atoms with van der Waals surface area (Å²) >= 11 is 5.77. The van der Waals surface area contributed by atoms with E-state index >= 15 is 0 Å². The van der Waals surface area contributed by atoms with Crippen molar-refractivity contribution in [3.63, 3.8) is 0 Å². The normalized spacial score (nSPS) is 12.1. The third-order valence-corrected chi connectivity index (χ3v) is 2.93. The van der Waals surface area contributed by atoms with Gasteiger partial charge in [-0.3, -0.25) is 5.32 Å². The molecule has 0 aliphatic carbocycles. The number of amides is 1. The lowest BCUT2D eigenvalue weighted by atomic mass is 10.2. The molecule has 0 atom stereocenters. The first-order chi connectivity index (χ1) is 8.96. The molecule has 5 nitrogen and oxygen atoms in total. The van der Waals surface area contributed by atoms with Crippen LogP contribution in [-0.2, 0) is 20.7 Å². The molecule has 0 fully saturated rings. The molecule has 0 saturated heterocycles. The van der Waals surface area contributed by atoms with E-state index in [-0.39, 0.29) is 16.3 Å². The minimum Gasteiger partial charge on any atom is -0.444 e. The van der Waals surface area contributed by atoms with Gasteiger partial charge in [0.1, 0.15) is 11.4 Å². The van der Waals surface area contributed by atoms with Gasteiger partial charge >= 0.3 is 16.3 Å². The maximum Gasteiger partial charge on any atom is 0.412 e. The van der Waals surface area contributed by atoms with Crippen LogP contribution in [0.1, 0.15) is 26.3 Å². The molecule has 0 heterocycles. The molecule has 0 aliphatic rings. The smallest absolute Gasteiger partial charge is 0.412 e. The van der Waals surface area contributed by atoms with Gasteiger partial charge in [-0.05, 0) is 38.5 Å². The fourth-order valence-corrected chi connectivity index (χ4v) is 2.19. The zero-order valence-electron chi connectivity index (χ0n) is 11.2. The highest BCUT2D eigenvalue weighted by Gasteiger charge is 2.19. The molecular weight excluding hydrogens is 309 g/mol. The van der Waals surface area contributed by atoms with Gasteiger partial charge in [0.05, 0.1) is 0 Å². The zero-order valence-corrected chi connectivity index (χ0v) is 12.8. The molecule has 1 aromatic carbocycles. The molecule has 1 rings (SSSR count). The third kappa shape index (κ3) is 6.21. The number of rotatable bonds is 3. The molecule has 0 saturated carbocycles. The van der Waals surface area contributed by atoms with E-state index in [1.165, 1.54) is 18.2 Å². The Morgan fingerprint density at radius 3 is 2.50 bits per heavy atom.